The summed E-state index contributed by atoms with van der Waals surface area (Å²) >= 11 is 0. The van der Waals surface area contributed by atoms with Gasteiger partial charge in [0.05, 0.1) is 24.9 Å². The molecule has 1 N–H and O–H groups in total. The van der Waals surface area contributed by atoms with Crippen LogP contribution in [0.4, 0.5) is 0 Å². The quantitative estimate of drug-likeness (QED) is 0.796. The maximum Gasteiger partial charge on any atom is 0.256 e. The minimum atomic E-state index is -0.0707. The summed E-state index contributed by atoms with van der Waals surface area (Å²) in [5.74, 6) is 0.411. The van der Waals surface area contributed by atoms with Crippen LogP contribution in [-0.4, -0.2) is 59.9 Å². The average Bonchev–Trinajstić information content (AvgIpc) is 3.26. The van der Waals surface area contributed by atoms with Gasteiger partial charge in [-0.1, -0.05) is 6.92 Å². The molecule has 1 atom stereocenters. The van der Waals surface area contributed by atoms with Crippen molar-refractivity contribution in [1.29, 1.82) is 0 Å². The summed E-state index contributed by atoms with van der Waals surface area (Å²) in [6, 6.07) is 1.81. The number of ether oxygens (including phenoxy) is 1. The molecule has 1 fully saturated rings. The fourth-order valence-electron chi connectivity index (χ4n) is 3.65. The van der Waals surface area contributed by atoms with Crippen molar-refractivity contribution >= 4 is 11.8 Å². The van der Waals surface area contributed by atoms with E-state index < -0.39 is 0 Å². The van der Waals surface area contributed by atoms with Gasteiger partial charge in [0, 0.05) is 31.1 Å². The lowest BCUT2D eigenvalue weighted by atomic mass is 10.1. The predicted octanol–water partition coefficient (Wildman–Crippen LogP) is 1.41. The number of amides is 2. The van der Waals surface area contributed by atoms with E-state index in [-0.39, 0.29) is 17.7 Å². The van der Waals surface area contributed by atoms with E-state index in [1.165, 1.54) is 12.8 Å². The summed E-state index contributed by atoms with van der Waals surface area (Å²) in [5, 5.41) is 2.97. The molecule has 0 aromatic carbocycles. The molecule has 2 amide bonds. The van der Waals surface area contributed by atoms with Crippen LogP contribution >= 0.6 is 0 Å². The molecular formula is C19H28N4O3. The summed E-state index contributed by atoms with van der Waals surface area (Å²) in [5.41, 5.74) is 2.09. The fourth-order valence-corrected chi connectivity index (χ4v) is 3.65. The summed E-state index contributed by atoms with van der Waals surface area (Å²) in [4.78, 5) is 33.4. The second-order valence-corrected chi connectivity index (χ2v) is 7.10. The zero-order valence-electron chi connectivity index (χ0n) is 15.9. The number of methoxy groups -OCH3 is 1. The first-order valence-corrected chi connectivity index (χ1v) is 9.39. The highest BCUT2D eigenvalue weighted by atomic mass is 16.5. The lowest BCUT2D eigenvalue weighted by Gasteiger charge is -2.20. The first-order valence-electron chi connectivity index (χ1n) is 9.39. The molecule has 0 unspecified atom stereocenters. The second-order valence-electron chi connectivity index (χ2n) is 7.10. The number of likely N-dealkylation sites (tertiary alicyclic amines) is 1. The van der Waals surface area contributed by atoms with Crippen LogP contribution in [0, 0.1) is 5.92 Å². The van der Waals surface area contributed by atoms with Crippen molar-refractivity contribution in [3.05, 3.63) is 22.9 Å². The number of pyridine rings is 1. The van der Waals surface area contributed by atoms with Crippen molar-refractivity contribution in [2.24, 2.45) is 5.92 Å². The minimum Gasteiger partial charge on any atom is -0.481 e. The number of aromatic nitrogens is 1. The van der Waals surface area contributed by atoms with Crippen molar-refractivity contribution in [3.8, 4) is 5.88 Å². The van der Waals surface area contributed by atoms with Gasteiger partial charge in [-0.3, -0.25) is 9.59 Å². The second kappa shape index (κ2) is 8.03. The number of rotatable bonds is 7. The zero-order chi connectivity index (χ0) is 18.7. The molecule has 142 valence electrons. The lowest BCUT2D eigenvalue weighted by Crippen LogP contribution is -2.36. The van der Waals surface area contributed by atoms with Crippen LogP contribution in [0.15, 0.2) is 6.07 Å². The van der Waals surface area contributed by atoms with E-state index in [2.05, 4.69) is 15.2 Å². The molecule has 3 heterocycles. The molecule has 2 aliphatic heterocycles. The Morgan fingerprint density at radius 2 is 2.12 bits per heavy atom. The van der Waals surface area contributed by atoms with Gasteiger partial charge in [-0.15, -0.1) is 0 Å². The van der Waals surface area contributed by atoms with Gasteiger partial charge in [0.25, 0.3) is 5.91 Å². The maximum atomic E-state index is 12.4. The molecule has 2 aliphatic rings. The number of nitrogens with one attached hydrogen (secondary N) is 1. The Morgan fingerprint density at radius 1 is 1.38 bits per heavy atom. The third-order valence-corrected chi connectivity index (χ3v) is 5.21. The Labute approximate surface area is 154 Å². The Balaban J connectivity index is 1.65. The topological polar surface area (TPSA) is 74.8 Å². The standard InChI is InChI=1S/C19H28N4O3/c1-4-23-12-16-15(19(23)25)9-14(18(21-16)26-3)10-20-17(24)13(2)11-22-7-5-6-8-22/h9,13H,4-8,10-12H2,1-3H3,(H,20,24)/t13-/m1/s1. The van der Waals surface area contributed by atoms with Gasteiger partial charge in [-0.05, 0) is 38.9 Å². The number of carbonyl (C=O) groups excluding carboxylic acids is 2. The van der Waals surface area contributed by atoms with Crippen LogP contribution in [-0.2, 0) is 17.9 Å². The van der Waals surface area contributed by atoms with Gasteiger partial charge < -0.3 is 19.9 Å². The van der Waals surface area contributed by atoms with Gasteiger partial charge in [0.15, 0.2) is 0 Å². The van der Waals surface area contributed by atoms with Gasteiger partial charge in [-0.2, -0.15) is 0 Å². The molecule has 1 saturated heterocycles. The van der Waals surface area contributed by atoms with Crippen molar-refractivity contribution in [1.82, 2.24) is 20.1 Å². The Kier molecular flexibility index (Phi) is 5.76. The molecule has 7 heteroatoms. The van der Waals surface area contributed by atoms with Crippen molar-refractivity contribution in [2.45, 2.75) is 39.8 Å². The van der Waals surface area contributed by atoms with Crippen LogP contribution in [0.3, 0.4) is 0 Å². The number of nitrogens with zero attached hydrogens (tertiary/aromatic N) is 3. The SMILES string of the molecule is CCN1Cc2nc(OC)c(CNC(=O)[C@H](C)CN3CCCC3)cc2C1=O. The fraction of sp³-hybridized carbons (Fsp3) is 0.632. The van der Waals surface area contributed by atoms with Gasteiger partial charge in [0.2, 0.25) is 11.8 Å². The van der Waals surface area contributed by atoms with Crippen LogP contribution in [0.2, 0.25) is 0 Å². The molecule has 0 spiro atoms. The highest BCUT2D eigenvalue weighted by Crippen LogP contribution is 2.27. The number of carbonyl (C=O) groups is 2. The molecule has 0 bridgehead atoms. The van der Waals surface area contributed by atoms with Gasteiger partial charge in [0.1, 0.15) is 0 Å². The molecule has 1 aromatic rings. The average molecular weight is 360 g/mol. The molecule has 1 aromatic heterocycles. The van der Waals surface area contributed by atoms with Crippen LogP contribution < -0.4 is 10.1 Å². The summed E-state index contributed by atoms with van der Waals surface area (Å²) < 4.78 is 5.37. The zero-order valence-corrected chi connectivity index (χ0v) is 15.9. The molecule has 0 aliphatic carbocycles. The molecule has 0 radical (unpaired) electrons. The lowest BCUT2D eigenvalue weighted by molar-refractivity contribution is -0.125. The monoisotopic (exact) mass is 360 g/mol. The maximum absolute atomic E-state index is 12.4. The molecule has 7 nitrogen and oxygen atoms in total. The van der Waals surface area contributed by atoms with E-state index in [1.807, 2.05) is 19.9 Å². The number of fused-ring (bicyclic) bond motifs is 1. The normalized spacial score (nSPS) is 18.1. The summed E-state index contributed by atoms with van der Waals surface area (Å²) in [6.07, 6.45) is 2.43. The molecule has 3 rings (SSSR count). The smallest absolute Gasteiger partial charge is 0.256 e. The highest BCUT2D eigenvalue weighted by molar-refractivity contribution is 5.98. The van der Waals surface area contributed by atoms with E-state index in [0.29, 0.717) is 31.1 Å². The van der Waals surface area contributed by atoms with Crippen molar-refractivity contribution < 1.29 is 14.3 Å². The summed E-state index contributed by atoms with van der Waals surface area (Å²) in [7, 11) is 1.56. The third-order valence-electron chi connectivity index (χ3n) is 5.21. The molecule has 0 saturated carbocycles. The van der Waals surface area contributed by atoms with Crippen LogP contribution in [0.1, 0.15) is 48.3 Å². The molecule has 26 heavy (non-hydrogen) atoms. The van der Waals surface area contributed by atoms with Crippen molar-refractivity contribution in [3.63, 3.8) is 0 Å². The van der Waals surface area contributed by atoms with E-state index in [0.717, 1.165) is 30.9 Å². The van der Waals surface area contributed by atoms with Crippen LogP contribution in [0.25, 0.3) is 0 Å². The van der Waals surface area contributed by atoms with Gasteiger partial charge in [-0.25, -0.2) is 4.98 Å². The minimum absolute atomic E-state index is 0.00682. The number of hydrogen-bond donors (Lipinski definition) is 1. The van der Waals surface area contributed by atoms with E-state index in [4.69, 9.17) is 4.74 Å². The first-order chi connectivity index (χ1) is 12.5. The summed E-state index contributed by atoms with van der Waals surface area (Å²) in [6.45, 7) is 8.32. The first kappa shape index (κ1) is 18.6. The van der Waals surface area contributed by atoms with Crippen molar-refractivity contribution in [2.75, 3.05) is 33.3 Å². The van der Waals surface area contributed by atoms with E-state index in [1.54, 1.807) is 12.0 Å². The van der Waals surface area contributed by atoms with Gasteiger partial charge >= 0.3 is 0 Å². The van der Waals surface area contributed by atoms with E-state index in [9.17, 15) is 9.59 Å². The largest absolute Gasteiger partial charge is 0.481 e. The Hall–Kier alpha value is -2.15. The third kappa shape index (κ3) is 3.82. The predicted molar refractivity (Wildman–Crippen MR) is 97.9 cm³/mol. The Bertz CT molecular complexity index is 686. The highest BCUT2D eigenvalue weighted by Gasteiger charge is 2.29. The molecular weight excluding hydrogens is 332 g/mol. The number of hydrogen-bond acceptors (Lipinski definition) is 5. The van der Waals surface area contributed by atoms with Crippen LogP contribution in [0.5, 0.6) is 5.88 Å². The van der Waals surface area contributed by atoms with E-state index >= 15 is 0 Å². The Morgan fingerprint density at radius 3 is 2.77 bits per heavy atom.